The first kappa shape index (κ1) is 16.1. The molecule has 0 atom stereocenters. The number of ether oxygens (including phenoxy) is 1. The number of aromatic nitrogens is 1. The number of amides is 2. The van der Waals surface area contributed by atoms with Gasteiger partial charge in [0.25, 0.3) is 0 Å². The summed E-state index contributed by atoms with van der Waals surface area (Å²) in [5.41, 5.74) is 1.09. The molecule has 1 aromatic rings. The minimum atomic E-state index is 0.0524. The molecule has 1 N–H and O–H groups in total. The van der Waals surface area contributed by atoms with Crippen LogP contribution < -0.4 is 10.2 Å². The number of carbonyl (C=O) groups is 1. The third-order valence-electron chi connectivity index (χ3n) is 4.48. The SMILES string of the molecule is O=C(NCc1ccnc(N2CCOCC2)c1)N1CCCCCC1. The minimum Gasteiger partial charge on any atom is -0.378 e. The Bertz CT molecular complexity index is 509. The van der Waals surface area contributed by atoms with Crippen molar-refractivity contribution in [2.45, 2.75) is 32.2 Å². The van der Waals surface area contributed by atoms with E-state index in [0.29, 0.717) is 6.54 Å². The summed E-state index contributed by atoms with van der Waals surface area (Å²) in [5.74, 6) is 0.967. The fraction of sp³-hybridized carbons (Fsp3) is 0.647. The maximum Gasteiger partial charge on any atom is 0.317 e. The van der Waals surface area contributed by atoms with Gasteiger partial charge in [0.1, 0.15) is 5.82 Å². The zero-order chi connectivity index (χ0) is 15.9. The first-order valence-corrected chi connectivity index (χ1v) is 8.63. The van der Waals surface area contributed by atoms with Gasteiger partial charge in [-0.1, -0.05) is 12.8 Å². The Balaban J connectivity index is 1.54. The Morgan fingerprint density at radius 3 is 2.61 bits per heavy atom. The standard InChI is InChI=1S/C17H26N4O2/c22-17(21-7-3-1-2-4-8-21)19-14-15-5-6-18-16(13-15)20-9-11-23-12-10-20/h5-6,13H,1-4,7-12,14H2,(H,19,22). The maximum atomic E-state index is 12.3. The molecule has 2 aliphatic rings. The number of carbonyl (C=O) groups excluding carboxylic acids is 1. The number of hydrogen-bond donors (Lipinski definition) is 1. The molecule has 0 aromatic carbocycles. The van der Waals surface area contributed by atoms with E-state index in [1.165, 1.54) is 12.8 Å². The summed E-state index contributed by atoms with van der Waals surface area (Å²) < 4.78 is 5.38. The predicted molar refractivity (Wildman–Crippen MR) is 89.5 cm³/mol. The Kier molecular flexibility index (Phi) is 5.69. The lowest BCUT2D eigenvalue weighted by Crippen LogP contribution is -2.40. The molecule has 0 unspecified atom stereocenters. The van der Waals surface area contributed by atoms with Crippen LogP contribution in [0.3, 0.4) is 0 Å². The number of urea groups is 1. The fourth-order valence-electron chi connectivity index (χ4n) is 3.10. The molecule has 0 radical (unpaired) electrons. The molecule has 2 fully saturated rings. The van der Waals surface area contributed by atoms with Gasteiger partial charge in [0.05, 0.1) is 13.2 Å². The molecule has 2 amide bonds. The summed E-state index contributed by atoms with van der Waals surface area (Å²) >= 11 is 0. The number of rotatable bonds is 3. The lowest BCUT2D eigenvalue weighted by atomic mass is 10.2. The molecular formula is C17H26N4O2. The Labute approximate surface area is 137 Å². The van der Waals surface area contributed by atoms with E-state index in [-0.39, 0.29) is 6.03 Å². The van der Waals surface area contributed by atoms with Gasteiger partial charge in [0, 0.05) is 38.9 Å². The monoisotopic (exact) mass is 318 g/mol. The number of morpholine rings is 1. The van der Waals surface area contributed by atoms with Crippen molar-refractivity contribution < 1.29 is 9.53 Å². The second-order valence-electron chi connectivity index (χ2n) is 6.18. The highest BCUT2D eigenvalue weighted by Gasteiger charge is 2.16. The van der Waals surface area contributed by atoms with Crippen molar-refractivity contribution in [1.29, 1.82) is 0 Å². The minimum absolute atomic E-state index is 0.0524. The van der Waals surface area contributed by atoms with Crippen molar-refractivity contribution in [2.75, 3.05) is 44.3 Å². The van der Waals surface area contributed by atoms with E-state index < -0.39 is 0 Å². The van der Waals surface area contributed by atoms with Gasteiger partial charge in [-0.3, -0.25) is 0 Å². The summed E-state index contributed by atoms with van der Waals surface area (Å²) in [5, 5.41) is 3.04. The molecule has 6 nitrogen and oxygen atoms in total. The largest absolute Gasteiger partial charge is 0.378 e. The number of hydrogen-bond acceptors (Lipinski definition) is 4. The zero-order valence-corrected chi connectivity index (χ0v) is 13.7. The average Bonchev–Trinajstić information content (AvgIpc) is 2.90. The average molecular weight is 318 g/mol. The predicted octanol–water partition coefficient (Wildman–Crippen LogP) is 2.00. The van der Waals surface area contributed by atoms with Crippen LogP contribution in [-0.4, -0.2) is 55.3 Å². The quantitative estimate of drug-likeness (QED) is 0.926. The van der Waals surface area contributed by atoms with E-state index in [9.17, 15) is 4.79 Å². The van der Waals surface area contributed by atoms with Gasteiger partial charge < -0.3 is 19.9 Å². The van der Waals surface area contributed by atoms with Crippen LogP contribution in [0, 0.1) is 0 Å². The van der Waals surface area contributed by atoms with Crippen LogP contribution in [0.2, 0.25) is 0 Å². The van der Waals surface area contributed by atoms with Gasteiger partial charge in [0.2, 0.25) is 0 Å². The topological polar surface area (TPSA) is 57.7 Å². The molecule has 0 aliphatic carbocycles. The lowest BCUT2D eigenvalue weighted by molar-refractivity contribution is 0.122. The van der Waals surface area contributed by atoms with Crippen molar-refractivity contribution >= 4 is 11.8 Å². The van der Waals surface area contributed by atoms with E-state index in [2.05, 4.69) is 21.3 Å². The summed E-state index contributed by atoms with van der Waals surface area (Å²) in [6, 6.07) is 4.08. The second-order valence-corrected chi connectivity index (χ2v) is 6.18. The Hall–Kier alpha value is -1.82. The van der Waals surface area contributed by atoms with Gasteiger partial charge in [-0.15, -0.1) is 0 Å². The van der Waals surface area contributed by atoms with E-state index in [1.54, 1.807) is 0 Å². The summed E-state index contributed by atoms with van der Waals surface area (Å²) in [6.07, 6.45) is 6.51. The third-order valence-corrected chi connectivity index (χ3v) is 4.48. The molecule has 3 rings (SSSR count). The highest BCUT2D eigenvalue weighted by molar-refractivity contribution is 5.74. The summed E-state index contributed by atoms with van der Waals surface area (Å²) in [7, 11) is 0. The highest BCUT2D eigenvalue weighted by atomic mass is 16.5. The molecule has 2 saturated heterocycles. The van der Waals surface area contributed by atoms with Gasteiger partial charge in [-0.2, -0.15) is 0 Å². The van der Waals surface area contributed by atoms with Crippen LogP contribution in [0.25, 0.3) is 0 Å². The fourth-order valence-corrected chi connectivity index (χ4v) is 3.10. The second kappa shape index (κ2) is 8.15. The molecule has 23 heavy (non-hydrogen) atoms. The number of nitrogens with zero attached hydrogens (tertiary/aromatic N) is 3. The van der Waals surface area contributed by atoms with E-state index >= 15 is 0 Å². The van der Waals surface area contributed by atoms with Crippen LogP contribution in [0.1, 0.15) is 31.2 Å². The Morgan fingerprint density at radius 2 is 1.87 bits per heavy atom. The van der Waals surface area contributed by atoms with Gasteiger partial charge in [-0.05, 0) is 30.5 Å². The molecule has 0 spiro atoms. The zero-order valence-electron chi connectivity index (χ0n) is 13.7. The molecular weight excluding hydrogens is 292 g/mol. The molecule has 126 valence electrons. The first-order chi connectivity index (χ1) is 11.3. The molecule has 3 heterocycles. The normalized spacial score (nSPS) is 19.3. The molecule has 0 bridgehead atoms. The van der Waals surface area contributed by atoms with Crippen molar-refractivity contribution in [3.63, 3.8) is 0 Å². The third kappa shape index (κ3) is 4.58. The van der Waals surface area contributed by atoms with Gasteiger partial charge >= 0.3 is 6.03 Å². The van der Waals surface area contributed by atoms with Crippen LogP contribution >= 0.6 is 0 Å². The van der Waals surface area contributed by atoms with Crippen molar-refractivity contribution in [1.82, 2.24) is 15.2 Å². The summed E-state index contributed by atoms with van der Waals surface area (Å²) in [6.45, 7) is 5.54. The first-order valence-electron chi connectivity index (χ1n) is 8.63. The summed E-state index contributed by atoms with van der Waals surface area (Å²) in [4.78, 5) is 20.9. The smallest absolute Gasteiger partial charge is 0.317 e. The van der Waals surface area contributed by atoms with E-state index in [1.807, 2.05) is 17.2 Å². The van der Waals surface area contributed by atoms with Crippen molar-refractivity contribution in [3.8, 4) is 0 Å². The van der Waals surface area contributed by atoms with Gasteiger partial charge in [0.15, 0.2) is 0 Å². The van der Waals surface area contributed by atoms with Gasteiger partial charge in [-0.25, -0.2) is 9.78 Å². The maximum absolute atomic E-state index is 12.3. The van der Waals surface area contributed by atoms with Crippen molar-refractivity contribution in [2.24, 2.45) is 0 Å². The molecule has 1 aromatic heterocycles. The van der Waals surface area contributed by atoms with Crippen LogP contribution in [0.5, 0.6) is 0 Å². The van der Waals surface area contributed by atoms with E-state index in [4.69, 9.17) is 4.74 Å². The lowest BCUT2D eigenvalue weighted by Gasteiger charge is -2.28. The number of pyridine rings is 1. The van der Waals surface area contributed by atoms with Crippen LogP contribution in [0.15, 0.2) is 18.3 Å². The highest BCUT2D eigenvalue weighted by Crippen LogP contribution is 2.14. The molecule has 6 heteroatoms. The number of nitrogens with one attached hydrogen (secondary N) is 1. The van der Waals surface area contributed by atoms with Crippen LogP contribution in [-0.2, 0) is 11.3 Å². The molecule has 2 aliphatic heterocycles. The van der Waals surface area contributed by atoms with Crippen LogP contribution in [0.4, 0.5) is 10.6 Å². The number of likely N-dealkylation sites (tertiary alicyclic amines) is 1. The van der Waals surface area contributed by atoms with E-state index in [0.717, 1.165) is 63.6 Å². The molecule has 0 saturated carbocycles. The number of anilines is 1. The van der Waals surface area contributed by atoms with Crippen molar-refractivity contribution in [3.05, 3.63) is 23.9 Å². The Morgan fingerprint density at radius 1 is 1.13 bits per heavy atom.